The summed E-state index contributed by atoms with van der Waals surface area (Å²) >= 11 is 0. The van der Waals surface area contributed by atoms with E-state index in [2.05, 4.69) is 147 Å². The van der Waals surface area contributed by atoms with Gasteiger partial charge in [0.1, 0.15) is 7.85 Å². The van der Waals surface area contributed by atoms with Crippen molar-refractivity contribution in [1.82, 2.24) is 4.98 Å². The Morgan fingerprint density at radius 1 is 0.457 bits per heavy atom. The molecule has 164 valence electrons. The largest absolute Gasteiger partial charge is 0.256 e. The van der Waals surface area contributed by atoms with Crippen molar-refractivity contribution < 1.29 is 0 Å². The smallest absolute Gasteiger partial charge is 0.112 e. The maximum absolute atomic E-state index is 4.81. The van der Waals surface area contributed by atoms with E-state index in [1.165, 1.54) is 16.7 Å². The molecule has 2 aromatic carbocycles. The zero-order valence-corrected chi connectivity index (χ0v) is 23.9. The van der Waals surface area contributed by atoms with Crippen molar-refractivity contribution in [3.8, 4) is 22.4 Å². The summed E-state index contributed by atoms with van der Waals surface area (Å²) in [4.78, 5) is 4.81. The molecule has 0 atom stereocenters. The molecule has 0 unspecified atom stereocenters. The maximum Gasteiger partial charge on any atom is 0.112 e. The van der Waals surface area contributed by atoms with Crippen molar-refractivity contribution >= 4 is 86.3 Å². The normalized spacial score (nSPS) is 22.6. The van der Waals surface area contributed by atoms with Crippen LogP contribution in [-0.2, 0) is 5.31 Å². The number of hydrogen-bond acceptors (Lipinski definition) is 1. The third-order valence-corrected chi connectivity index (χ3v) is 12.4. The van der Waals surface area contributed by atoms with Crippen molar-refractivity contribution in [2.45, 2.75) is 31.4 Å². The molecule has 1 nitrogen and oxygen atoms in total. The van der Waals surface area contributed by atoms with Gasteiger partial charge in [0.15, 0.2) is 0 Å². The van der Waals surface area contributed by atoms with Crippen LogP contribution in [0.25, 0.3) is 22.4 Å². The minimum atomic E-state index is -0.0457. The quantitative estimate of drug-likeness (QED) is 0.371. The van der Waals surface area contributed by atoms with Crippen LogP contribution in [0.5, 0.6) is 0 Å². The molecule has 1 heterocycles. The van der Waals surface area contributed by atoms with Gasteiger partial charge in [-0.3, -0.25) is 4.98 Å². The van der Waals surface area contributed by atoms with Crippen LogP contribution in [0.3, 0.4) is 0 Å². The lowest BCUT2D eigenvalue weighted by Gasteiger charge is -2.80. The molecule has 0 radical (unpaired) electrons. The number of hydrogen-bond donors (Lipinski definition) is 0. The topological polar surface area (TPSA) is 12.9 Å². The highest BCUT2D eigenvalue weighted by atomic mass is 14.7. The second-order valence-corrected chi connectivity index (χ2v) is 13.6. The number of benzene rings is 2. The minimum Gasteiger partial charge on any atom is -0.256 e. The fraction of sp³-hybridized carbons (Fsp3) is 0.261. The van der Waals surface area contributed by atoms with Gasteiger partial charge in [0.25, 0.3) is 0 Å². The third kappa shape index (κ3) is 3.34. The fourth-order valence-corrected chi connectivity index (χ4v) is 7.45. The second-order valence-electron chi connectivity index (χ2n) is 13.6. The molecule has 12 heteroatoms. The molecule has 1 aliphatic carbocycles. The first-order valence-electron chi connectivity index (χ1n) is 13.2. The highest BCUT2D eigenvalue weighted by molar-refractivity contribution is 6.72. The van der Waals surface area contributed by atoms with Gasteiger partial charge in [-0.25, -0.2) is 0 Å². The van der Waals surface area contributed by atoms with Crippen LogP contribution < -0.4 is 0 Å². The summed E-state index contributed by atoms with van der Waals surface area (Å²) in [7, 11) is 27.5. The molecule has 0 N–H and O–H groups in total. The van der Waals surface area contributed by atoms with Gasteiger partial charge in [0, 0.05) is 17.3 Å². The number of rotatable bonds is 3. The van der Waals surface area contributed by atoms with Crippen molar-refractivity contribution in [1.29, 1.82) is 0 Å². The average Bonchev–Trinajstić information content (AvgIpc) is 2.83. The molecule has 0 saturated heterocycles. The lowest BCUT2D eigenvalue weighted by Crippen LogP contribution is -2.70. The maximum atomic E-state index is 4.81. The fourth-order valence-electron chi connectivity index (χ4n) is 7.45. The Hall–Kier alpha value is -1.70. The van der Waals surface area contributed by atoms with Gasteiger partial charge >= 0.3 is 0 Å². The summed E-state index contributed by atoms with van der Waals surface area (Å²) < 4.78 is 0. The molecule has 1 fully saturated rings. The predicted octanol–water partition coefficient (Wildman–Crippen LogP) is -4.83. The van der Waals surface area contributed by atoms with Gasteiger partial charge in [-0.05, 0) is 11.6 Å². The molecule has 1 saturated carbocycles. The Kier molecular flexibility index (Phi) is 6.14. The lowest BCUT2D eigenvalue weighted by molar-refractivity contribution is 0.273. The van der Waals surface area contributed by atoms with E-state index in [0.29, 0.717) is 0 Å². The number of aromatic nitrogens is 1. The molecular formula is C23H34B11N. The Morgan fingerprint density at radius 3 is 1.49 bits per heavy atom. The van der Waals surface area contributed by atoms with E-state index >= 15 is 0 Å². The molecule has 35 heavy (non-hydrogen) atoms. The Balaban J connectivity index is 1.85. The third-order valence-electron chi connectivity index (χ3n) is 12.4. The van der Waals surface area contributed by atoms with E-state index < -0.39 is 0 Å². The molecule has 0 aliphatic heterocycles. The molecule has 0 amide bonds. The first kappa shape index (κ1) is 26.4. The number of nitrogens with zero attached hydrogens (tertiary/aromatic N) is 1. The molecule has 1 aromatic heterocycles. The van der Waals surface area contributed by atoms with E-state index in [4.69, 9.17) is 4.98 Å². The first-order chi connectivity index (χ1) is 16.0. The highest BCUT2D eigenvalue weighted by Gasteiger charge is 2.71. The van der Waals surface area contributed by atoms with Crippen molar-refractivity contribution in [2.24, 2.45) is 0 Å². The molecular weight excluding hydrogens is 409 g/mol. The van der Waals surface area contributed by atoms with E-state index in [1.54, 1.807) is 0 Å². The molecule has 4 rings (SSSR count). The second kappa shape index (κ2) is 8.16. The van der Waals surface area contributed by atoms with E-state index in [9.17, 15) is 0 Å². The van der Waals surface area contributed by atoms with Crippen LogP contribution in [0.4, 0.5) is 0 Å². The van der Waals surface area contributed by atoms with Crippen LogP contribution in [-0.4, -0.2) is 91.3 Å². The monoisotopic (exact) mass is 445 g/mol. The minimum absolute atomic E-state index is 0.0457. The summed E-state index contributed by atoms with van der Waals surface area (Å²) in [5.74, 6) is 0. The molecule has 0 bridgehead atoms. The zero-order valence-electron chi connectivity index (χ0n) is 23.9. The van der Waals surface area contributed by atoms with Gasteiger partial charge in [0.2, 0.25) is 0 Å². The molecule has 1 aliphatic rings. The SMILES string of the molecule is BC1(B)C(B)(B)C(B)(B)C(B)(c2cccc(-c3ccc(-c4ccccc4)nc3)c2)C(B)(B)C1(B)B. The van der Waals surface area contributed by atoms with Crippen LogP contribution >= 0.6 is 0 Å². The summed E-state index contributed by atoms with van der Waals surface area (Å²) in [5.41, 5.74) is 5.99. The zero-order chi connectivity index (χ0) is 26.1. The lowest BCUT2D eigenvalue weighted by atomic mass is 8.96. The van der Waals surface area contributed by atoms with Crippen LogP contribution in [0.2, 0.25) is 26.1 Å². The van der Waals surface area contributed by atoms with Crippen molar-refractivity contribution in [2.75, 3.05) is 0 Å². The van der Waals surface area contributed by atoms with Gasteiger partial charge in [0.05, 0.1) is 84.2 Å². The van der Waals surface area contributed by atoms with Gasteiger partial charge in [-0.1, -0.05) is 82.0 Å². The van der Waals surface area contributed by atoms with Crippen molar-refractivity contribution in [3.05, 3.63) is 78.5 Å². The Bertz CT molecular complexity index is 1210. The van der Waals surface area contributed by atoms with Gasteiger partial charge < -0.3 is 0 Å². The van der Waals surface area contributed by atoms with Crippen LogP contribution in [0, 0.1) is 0 Å². The van der Waals surface area contributed by atoms with Crippen LogP contribution in [0.1, 0.15) is 5.56 Å². The van der Waals surface area contributed by atoms with E-state index in [-0.39, 0.29) is 31.4 Å². The predicted molar refractivity (Wildman–Crippen MR) is 184 cm³/mol. The van der Waals surface area contributed by atoms with E-state index in [0.717, 1.165) is 11.3 Å². The average molecular weight is 443 g/mol. The summed E-state index contributed by atoms with van der Waals surface area (Å²) in [5, 5.41) is 0.440. The van der Waals surface area contributed by atoms with Gasteiger partial charge in [-0.2, -0.15) is 0 Å². The van der Waals surface area contributed by atoms with Crippen molar-refractivity contribution in [3.63, 3.8) is 0 Å². The summed E-state index contributed by atoms with van der Waals surface area (Å²) in [6.07, 6.45) is 2.03. The van der Waals surface area contributed by atoms with E-state index in [1.807, 2.05) is 12.3 Å². The standard InChI is InChI=1S/C23H34B11N/c24-18(19(25,26)21(29,30)23(33,34)22(31,32)20(18,27)28)16-8-4-7-14(11-16)15-9-10-17(35-12-15)13-5-2-1-3-6-13/h1-12H,24-34H2. The highest BCUT2D eigenvalue weighted by Crippen LogP contribution is 2.83. The molecule has 3 aromatic rings. The number of pyridine rings is 1. The molecule has 0 spiro atoms. The van der Waals surface area contributed by atoms with Gasteiger partial charge in [-0.15, -0.1) is 15.6 Å². The first-order valence-corrected chi connectivity index (χ1v) is 13.2. The summed E-state index contributed by atoms with van der Waals surface area (Å²) in [6, 6.07) is 24.0. The summed E-state index contributed by atoms with van der Waals surface area (Å²) in [6.45, 7) is 0. The Morgan fingerprint density at radius 2 is 0.971 bits per heavy atom. The Labute approximate surface area is 223 Å². The van der Waals surface area contributed by atoms with Crippen LogP contribution in [0.15, 0.2) is 72.9 Å².